The predicted octanol–water partition coefficient (Wildman–Crippen LogP) is 0.500. The number of nitrogens with zero attached hydrogens (tertiary/aromatic N) is 1. The Hall–Kier alpha value is -0.812. The summed E-state index contributed by atoms with van der Waals surface area (Å²) in [5, 5.41) is 8.66. The summed E-state index contributed by atoms with van der Waals surface area (Å²) < 4.78 is 24.2. The number of hydrogen-bond acceptors (Lipinski definition) is 4. The van der Waals surface area contributed by atoms with E-state index in [1.165, 1.54) is 17.9 Å². The maximum absolute atomic E-state index is 12.0. The molecule has 0 saturated heterocycles. The molecule has 2 unspecified atom stereocenters. The molecule has 0 aromatic heterocycles. The molecule has 7 heteroatoms. The molecule has 0 heterocycles. The number of hydrogen-bond donors (Lipinski definition) is 2. The van der Waals surface area contributed by atoms with Crippen LogP contribution in [-0.2, 0) is 12.4 Å². The molecule has 17 heavy (non-hydrogen) atoms. The fourth-order valence-corrected chi connectivity index (χ4v) is 4.81. The molecule has 2 N–H and O–H groups in total. The first-order chi connectivity index (χ1) is 7.91. The Morgan fingerprint density at radius 1 is 1.59 bits per heavy atom. The number of likely N-dealkylation sites (N-methyl/N-ethyl adjacent to an activating group) is 1. The molecule has 0 spiro atoms. The van der Waals surface area contributed by atoms with Crippen LogP contribution < -0.4 is 0 Å². The molecule has 1 aliphatic rings. The minimum absolute atomic E-state index is 0.143. The molecule has 1 rings (SSSR count). The van der Waals surface area contributed by atoms with Crippen molar-refractivity contribution in [2.75, 3.05) is 6.54 Å². The molecule has 0 fully saturated rings. The van der Waals surface area contributed by atoms with Gasteiger partial charge in [0.15, 0.2) is 0 Å². The van der Waals surface area contributed by atoms with Gasteiger partial charge in [0.1, 0.15) is 0 Å². The van der Waals surface area contributed by atoms with Gasteiger partial charge in [-0.1, -0.05) is 0 Å². The molecule has 0 aliphatic heterocycles. The van der Waals surface area contributed by atoms with E-state index in [-0.39, 0.29) is 18.9 Å². The summed E-state index contributed by atoms with van der Waals surface area (Å²) >= 11 is -5.08. The van der Waals surface area contributed by atoms with Crippen LogP contribution in [0.25, 0.3) is 0 Å². The van der Waals surface area contributed by atoms with Crippen molar-refractivity contribution in [2.24, 2.45) is 0 Å². The van der Waals surface area contributed by atoms with Crippen molar-refractivity contribution in [1.29, 1.82) is 0 Å². The second-order valence-corrected chi connectivity index (χ2v) is 7.89. The van der Waals surface area contributed by atoms with Gasteiger partial charge in [0.05, 0.1) is 0 Å². The SMILES string of the molecule is CCN(C(C)=O)C1([As](=O)(O)OO)C=CC=CC1. The van der Waals surface area contributed by atoms with Crippen molar-refractivity contribution in [2.45, 2.75) is 24.6 Å². The minimum atomic E-state index is -5.08. The summed E-state index contributed by atoms with van der Waals surface area (Å²) in [5.41, 5.74) is 0. The maximum atomic E-state index is 12.0. The summed E-state index contributed by atoms with van der Waals surface area (Å²) in [6.07, 6.45) is 6.52. The van der Waals surface area contributed by atoms with Crippen LogP contribution in [0.2, 0.25) is 0 Å². The van der Waals surface area contributed by atoms with Crippen LogP contribution in [0, 0.1) is 0 Å². The average Bonchev–Trinajstić information content (AvgIpc) is 2.30. The summed E-state index contributed by atoms with van der Waals surface area (Å²) in [5.74, 6) is -0.347. The topological polar surface area (TPSA) is 87.1 Å². The third-order valence-electron chi connectivity index (χ3n) is 2.79. The van der Waals surface area contributed by atoms with Crippen molar-refractivity contribution in [3.05, 3.63) is 24.3 Å². The number of amides is 1. The van der Waals surface area contributed by atoms with Crippen molar-refractivity contribution in [3.8, 4) is 0 Å². The molecular formula is C10H16AsNO5. The van der Waals surface area contributed by atoms with Crippen LogP contribution in [0.3, 0.4) is 0 Å². The van der Waals surface area contributed by atoms with E-state index < -0.39 is 18.5 Å². The number of rotatable bonds is 4. The summed E-state index contributed by atoms with van der Waals surface area (Å²) in [6.45, 7) is 3.26. The molecule has 0 aromatic rings. The molecule has 6 nitrogen and oxygen atoms in total. The molecule has 0 aromatic carbocycles. The van der Waals surface area contributed by atoms with Crippen LogP contribution >= 0.6 is 0 Å². The van der Waals surface area contributed by atoms with Gasteiger partial charge in [-0.25, -0.2) is 0 Å². The standard InChI is InChI=1S/C10H16AsNO5/c1-3-12(9(2)13)10(11(14,15)17-16)7-5-4-6-8-10/h4-7,16H,3,8H2,1-2H3,(H,14,15). The molecule has 1 aliphatic carbocycles. The number of carbonyl (C=O) groups is 1. The first kappa shape index (κ1) is 14.3. The molecule has 0 radical (unpaired) electrons. The molecule has 0 saturated carbocycles. The van der Waals surface area contributed by atoms with Gasteiger partial charge in [-0.15, -0.1) is 0 Å². The van der Waals surface area contributed by atoms with E-state index in [4.69, 9.17) is 5.26 Å². The van der Waals surface area contributed by atoms with Crippen molar-refractivity contribution >= 4 is 20.1 Å². The zero-order valence-electron chi connectivity index (χ0n) is 9.74. The van der Waals surface area contributed by atoms with Crippen molar-refractivity contribution in [3.63, 3.8) is 0 Å². The average molecular weight is 305 g/mol. The Morgan fingerprint density at radius 3 is 2.59 bits per heavy atom. The van der Waals surface area contributed by atoms with Gasteiger partial charge in [0.25, 0.3) is 0 Å². The Kier molecular flexibility index (Phi) is 4.38. The molecule has 1 amide bonds. The molecule has 2 atom stereocenters. The third kappa shape index (κ3) is 2.40. The van der Waals surface area contributed by atoms with E-state index in [0.717, 1.165) is 0 Å². The second-order valence-electron chi connectivity index (χ2n) is 3.74. The number of carbonyl (C=O) groups excluding carboxylic acids is 1. The van der Waals surface area contributed by atoms with Gasteiger partial charge in [0, 0.05) is 0 Å². The summed E-state index contributed by atoms with van der Waals surface area (Å²) in [6, 6.07) is 0. The van der Waals surface area contributed by atoms with Gasteiger partial charge in [-0.05, 0) is 0 Å². The molecule has 96 valence electrons. The third-order valence-corrected chi connectivity index (χ3v) is 6.51. The quantitative estimate of drug-likeness (QED) is 0.449. The van der Waals surface area contributed by atoms with Crippen LogP contribution in [0.5, 0.6) is 0 Å². The summed E-state index contributed by atoms with van der Waals surface area (Å²) in [7, 11) is 0. The first-order valence-corrected chi connectivity index (χ1v) is 8.51. The van der Waals surface area contributed by atoms with Gasteiger partial charge in [0.2, 0.25) is 0 Å². The Labute approximate surface area is 102 Å². The van der Waals surface area contributed by atoms with E-state index >= 15 is 0 Å². The monoisotopic (exact) mass is 305 g/mol. The van der Waals surface area contributed by atoms with E-state index in [9.17, 15) is 12.6 Å². The number of allylic oxidation sites excluding steroid dienone is 2. The molecule has 0 bridgehead atoms. The van der Waals surface area contributed by atoms with Crippen molar-refractivity contribution < 1.29 is 21.8 Å². The molecular weight excluding hydrogens is 289 g/mol. The van der Waals surface area contributed by atoms with Gasteiger partial charge >= 0.3 is 102 Å². The van der Waals surface area contributed by atoms with E-state index in [1.807, 2.05) is 0 Å². The van der Waals surface area contributed by atoms with E-state index in [1.54, 1.807) is 25.2 Å². The summed E-state index contributed by atoms with van der Waals surface area (Å²) in [4.78, 5) is 12.8. The van der Waals surface area contributed by atoms with Crippen LogP contribution in [0.4, 0.5) is 0 Å². The van der Waals surface area contributed by atoms with E-state index in [0.29, 0.717) is 0 Å². The Bertz CT molecular complexity index is 406. The van der Waals surface area contributed by atoms with Crippen LogP contribution in [0.1, 0.15) is 20.3 Å². The van der Waals surface area contributed by atoms with Crippen LogP contribution in [0.15, 0.2) is 24.3 Å². The fourth-order valence-electron chi connectivity index (χ4n) is 2.00. The van der Waals surface area contributed by atoms with Gasteiger partial charge < -0.3 is 0 Å². The first-order valence-electron chi connectivity index (χ1n) is 5.20. The Balaban J connectivity index is 3.29. The van der Waals surface area contributed by atoms with Crippen molar-refractivity contribution in [1.82, 2.24) is 4.90 Å². The normalized spacial score (nSPS) is 26.6. The van der Waals surface area contributed by atoms with Gasteiger partial charge in [-0.3, -0.25) is 0 Å². The zero-order chi connectivity index (χ0) is 13.1. The Morgan fingerprint density at radius 2 is 2.24 bits per heavy atom. The van der Waals surface area contributed by atoms with Gasteiger partial charge in [-0.2, -0.15) is 0 Å². The van der Waals surface area contributed by atoms with Crippen LogP contribution in [-0.4, -0.2) is 45.2 Å². The van der Waals surface area contributed by atoms with E-state index in [2.05, 4.69) is 3.88 Å². The predicted molar refractivity (Wildman–Crippen MR) is 61.1 cm³/mol. The zero-order valence-corrected chi connectivity index (χ0v) is 11.6. The second kappa shape index (κ2) is 5.23. The fraction of sp³-hybridized carbons (Fsp3) is 0.500.